The fraction of sp³-hybridized carbons (Fsp3) is 0.448. The highest BCUT2D eigenvalue weighted by Crippen LogP contribution is 2.41. The fourth-order valence-electron chi connectivity index (χ4n) is 5.08. The van der Waals surface area contributed by atoms with Gasteiger partial charge in [0.15, 0.2) is 29.3 Å². The van der Waals surface area contributed by atoms with Gasteiger partial charge >= 0.3 is 5.97 Å². The first-order valence-corrected chi connectivity index (χ1v) is 13.8. The Hall–Kier alpha value is -4.20. The van der Waals surface area contributed by atoms with E-state index in [-0.39, 0.29) is 33.8 Å². The zero-order valence-corrected chi connectivity index (χ0v) is 24.3. The zero-order chi connectivity index (χ0) is 33.5. The predicted octanol–water partition coefficient (Wildman–Crippen LogP) is -1.20. The number of phenols is 3. The highest BCUT2D eigenvalue weighted by molar-refractivity contribution is 5.86. The van der Waals surface area contributed by atoms with Gasteiger partial charge in [-0.05, 0) is 12.1 Å². The third kappa shape index (κ3) is 6.26. The molecule has 2 aliphatic heterocycles. The van der Waals surface area contributed by atoms with Gasteiger partial charge < -0.3 is 73.7 Å². The first-order valence-electron chi connectivity index (χ1n) is 13.8. The summed E-state index contributed by atoms with van der Waals surface area (Å²) in [6, 6.07) is 5.57. The second-order valence-corrected chi connectivity index (χ2v) is 10.8. The summed E-state index contributed by atoms with van der Waals surface area (Å²) in [6.45, 7) is -0.827. The van der Waals surface area contributed by atoms with E-state index in [0.717, 1.165) is 19.1 Å². The molecule has 0 aliphatic carbocycles. The van der Waals surface area contributed by atoms with E-state index in [0.29, 0.717) is 0 Å². The van der Waals surface area contributed by atoms with Crippen LogP contribution in [0.3, 0.4) is 0 Å². The minimum atomic E-state index is -2.09. The highest BCUT2D eigenvalue weighted by atomic mass is 16.8. The minimum Gasteiger partial charge on any atom is -0.507 e. The van der Waals surface area contributed by atoms with Crippen molar-refractivity contribution in [2.24, 2.45) is 0 Å². The Bertz CT molecular complexity index is 1630. The molecule has 3 heterocycles. The number of hydrogen-bond donors (Lipinski definition) is 8. The highest BCUT2D eigenvalue weighted by Gasteiger charge is 2.53. The number of benzene rings is 2. The number of fused-ring (bicyclic) bond motifs is 1. The molecule has 0 saturated carbocycles. The van der Waals surface area contributed by atoms with Crippen molar-refractivity contribution in [2.45, 2.75) is 55.6 Å². The number of esters is 1. The minimum absolute atomic E-state index is 0.0769. The molecule has 8 N–H and O–H groups in total. The maximum Gasteiger partial charge on any atom is 0.302 e. The van der Waals surface area contributed by atoms with Crippen molar-refractivity contribution >= 4 is 16.9 Å². The van der Waals surface area contributed by atoms with Crippen molar-refractivity contribution in [1.29, 1.82) is 0 Å². The number of phenolic OH excluding ortho intramolecular Hbond substituents is 3. The molecule has 8 atom stereocenters. The topological polar surface area (TPSA) is 264 Å². The average molecular weight is 653 g/mol. The summed E-state index contributed by atoms with van der Waals surface area (Å²) >= 11 is 0. The van der Waals surface area contributed by atoms with Gasteiger partial charge in [0.1, 0.15) is 64.9 Å². The van der Waals surface area contributed by atoms with Crippen molar-refractivity contribution in [3.63, 3.8) is 0 Å². The van der Waals surface area contributed by atoms with Crippen LogP contribution >= 0.6 is 0 Å². The fourth-order valence-corrected chi connectivity index (χ4v) is 5.08. The van der Waals surface area contributed by atoms with E-state index < -0.39 is 97.2 Å². The number of aliphatic hydroxyl groups is 5. The van der Waals surface area contributed by atoms with Crippen LogP contribution in [0.5, 0.6) is 28.7 Å². The number of ether oxygens (including phenoxy) is 6. The average Bonchev–Trinajstić information content (AvgIpc) is 3.28. The third-order valence-corrected chi connectivity index (χ3v) is 7.54. The van der Waals surface area contributed by atoms with Crippen molar-refractivity contribution in [2.75, 3.05) is 26.9 Å². The second kappa shape index (κ2) is 12.9. The SMILES string of the molecule is COc1c(O)cc(-c2cc(=O)c3c(O)cc(O[C@@H]4O[C@@H](COC(C)=O)[C@@H](O)[C@H](O)[C@H]4O[C@@H]4OC[C@](O)(CO)[C@@H]4O)cc3o2)cc1O. The van der Waals surface area contributed by atoms with Crippen LogP contribution in [0.2, 0.25) is 0 Å². The molecule has 0 unspecified atom stereocenters. The van der Waals surface area contributed by atoms with Gasteiger partial charge in [-0.1, -0.05) is 0 Å². The Balaban J connectivity index is 1.50. The summed E-state index contributed by atoms with van der Waals surface area (Å²) < 4.78 is 38.2. The van der Waals surface area contributed by atoms with Gasteiger partial charge in [-0.15, -0.1) is 0 Å². The van der Waals surface area contributed by atoms with Gasteiger partial charge in [0.05, 0.1) is 20.3 Å². The molecule has 1 aromatic heterocycles. The molecule has 250 valence electrons. The summed E-state index contributed by atoms with van der Waals surface area (Å²) in [4.78, 5) is 24.3. The molecule has 17 heteroatoms. The van der Waals surface area contributed by atoms with E-state index in [9.17, 15) is 50.4 Å². The van der Waals surface area contributed by atoms with Crippen LogP contribution in [0.25, 0.3) is 22.3 Å². The molecule has 2 aromatic carbocycles. The smallest absolute Gasteiger partial charge is 0.302 e. The van der Waals surface area contributed by atoms with E-state index >= 15 is 0 Å². The van der Waals surface area contributed by atoms with Crippen LogP contribution in [0.4, 0.5) is 0 Å². The van der Waals surface area contributed by atoms with E-state index in [2.05, 4.69) is 0 Å². The Morgan fingerprint density at radius 2 is 1.70 bits per heavy atom. The van der Waals surface area contributed by atoms with Crippen LogP contribution in [0.15, 0.2) is 39.5 Å². The Morgan fingerprint density at radius 3 is 2.30 bits per heavy atom. The first-order chi connectivity index (χ1) is 21.8. The molecule has 46 heavy (non-hydrogen) atoms. The van der Waals surface area contributed by atoms with Gasteiger partial charge in [0.25, 0.3) is 0 Å². The molecule has 0 amide bonds. The number of hydrogen-bond acceptors (Lipinski definition) is 17. The lowest BCUT2D eigenvalue weighted by molar-refractivity contribution is -0.319. The maximum absolute atomic E-state index is 13.0. The van der Waals surface area contributed by atoms with Gasteiger partial charge in [0.2, 0.25) is 12.0 Å². The summed E-state index contributed by atoms with van der Waals surface area (Å²) in [5.41, 5.74) is -2.93. The maximum atomic E-state index is 13.0. The summed E-state index contributed by atoms with van der Waals surface area (Å²) in [5, 5.41) is 82.8. The van der Waals surface area contributed by atoms with Crippen molar-refractivity contribution in [3.8, 4) is 40.1 Å². The lowest BCUT2D eigenvalue weighted by atomic mass is 9.98. The summed E-state index contributed by atoms with van der Waals surface area (Å²) in [6.07, 6.45) is -11.7. The second-order valence-electron chi connectivity index (χ2n) is 10.8. The van der Waals surface area contributed by atoms with Gasteiger partial charge in [-0.3, -0.25) is 9.59 Å². The standard InChI is InChI=1S/C29H32O17/c1-11(31)41-8-20-22(36)23(37)25(46-28-26(38)29(39,9-30)10-42-28)27(45-20)43-13-5-14(32)21-15(33)7-18(44-19(21)6-13)12-3-16(34)24(40-2)17(35)4-12/h3-7,20,22-23,25-28,30,32,34-39H,8-10H2,1-2H3/t20-,22+,23-,25+,26+,27+,28-,29+/m0/s1. The number of carbonyl (C=O) groups is 1. The third-order valence-electron chi connectivity index (χ3n) is 7.54. The van der Waals surface area contributed by atoms with Crippen molar-refractivity contribution in [1.82, 2.24) is 0 Å². The molecule has 0 bridgehead atoms. The van der Waals surface area contributed by atoms with Gasteiger partial charge in [-0.2, -0.15) is 0 Å². The molecule has 3 aromatic rings. The molecule has 0 spiro atoms. The van der Waals surface area contributed by atoms with Crippen LogP contribution in [-0.2, 0) is 23.7 Å². The van der Waals surface area contributed by atoms with Gasteiger partial charge in [-0.25, -0.2) is 0 Å². The molecule has 0 radical (unpaired) electrons. The number of methoxy groups -OCH3 is 1. The Kier molecular flexibility index (Phi) is 9.30. The normalized spacial score (nSPS) is 29.5. The molecular weight excluding hydrogens is 620 g/mol. The monoisotopic (exact) mass is 652 g/mol. The largest absolute Gasteiger partial charge is 0.507 e. The number of aliphatic hydroxyl groups excluding tert-OH is 4. The lowest BCUT2D eigenvalue weighted by Gasteiger charge is -2.42. The Labute approximate surface area is 258 Å². The first kappa shape index (κ1) is 33.2. The molecule has 5 rings (SSSR count). The summed E-state index contributed by atoms with van der Waals surface area (Å²) in [5.74, 6) is -2.76. The zero-order valence-electron chi connectivity index (χ0n) is 24.3. The van der Waals surface area contributed by atoms with Crippen molar-refractivity contribution < 1.29 is 78.5 Å². The lowest BCUT2D eigenvalue weighted by Crippen LogP contribution is -2.62. The summed E-state index contributed by atoms with van der Waals surface area (Å²) in [7, 11) is 1.23. The van der Waals surface area contributed by atoms with Crippen LogP contribution in [0, 0.1) is 0 Å². The van der Waals surface area contributed by atoms with E-state index in [1.165, 1.54) is 25.3 Å². The number of aromatic hydroxyl groups is 3. The quantitative estimate of drug-likeness (QED) is 0.126. The van der Waals surface area contributed by atoms with Crippen LogP contribution in [-0.4, -0.2) is 122 Å². The molecule has 17 nitrogen and oxygen atoms in total. The van der Waals surface area contributed by atoms with Crippen molar-refractivity contribution in [3.05, 3.63) is 40.6 Å². The van der Waals surface area contributed by atoms with E-state index in [1.54, 1.807) is 0 Å². The molecule has 2 fully saturated rings. The Morgan fingerprint density at radius 1 is 1.00 bits per heavy atom. The van der Waals surface area contributed by atoms with Gasteiger partial charge in [0, 0.05) is 30.7 Å². The predicted molar refractivity (Wildman–Crippen MR) is 150 cm³/mol. The number of rotatable bonds is 9. The molecule has 2 saturated heterocycles. The van der Waals surface area contributed by atoms with Crippen LogP contribution in [0.1, 0.15) is 6.92 Å². The van der Waals surface area contributed by atoms with Crippen LogP contribution < -0.4 is 14.9 Å². The number of carbonyl (C=O) groups excluding carboxylic acids is 1. The van der Waals surface area contributed by atoms with E-state index in [4.69, 9.17) is 32.8 Å². The molecule has 2 aliphatic rings. The molecular formula is C29H32O17. The van der Waals surface area contributed by atoms with E-state index in [1.807, 2.05) is 0 Å².